The van der Waals surface area contributed by atoms with E-state index in [-0.39, 0.29) is 0 Å². The Morgan fingerprint density at radius 2 is 1.24 bits per heavy atom. The van der Waals surface area contributed by atoms with E-state index in [4.69, 9.17) is 17.2 Å². The van der Waals surface area contributed by atoms with Crippen LogP contribution >= 0.6 is 0 Å². The molecule has 0 aliphatic heterocycles. The maximum atomic E-state index is 6.04. The van der Waals surface area contributed by atoms with Gasteiger partial charge in [-0.1, -0.05) is 12.1 Å². The van der Waals surface area contributed by atoms with Gasteiger partial charge in [-0.15, -0.1) is 0 Å². The van der Waals surface area contributed by atoms with E-state index in [1.165, 1.54) is 0 Å². The lowest BCUT2D eigenvalue weighted by molar-refractivity contribution is 1.72. The molecular weight excluding hydrogens is 210 g/mol. The molecule has 6 N–H and O–H groups in total. The van der Waals surface area contributed by atoms with Gasteiger partial charge in [0.15, 0.2) is 0 Å². The Kier molecular flexibility index (Phi) is 1.89. The van der Waals surface area contributed by atoms with E-state index in [1.807, 2.05) is 42.5 Å². The van der Waals surface area contributed by atoms with Crippen LogP contribution < -0.4 is 17.2 Å². The molecule has 3 nitrogen and oxygen atoms in total. The molecule has 0 radical (unpaired) electrons. The molecule has 17 heavy (non-hydrogen) atoms. The molecular formula is C14H13N3. The summed E-state index contributed by atoms with van der Waals surface area (Å²) in [5.41, 5.74) is 19.8. The Morgan fingerprint density at radius 1 is 0.588 bits per heavy atom. The summed E-state index contributed by atoms with van der Waals surface area (Å²) < 4.78 is 0. The maximum Gasteiger partial charge on any atom is 0.0400 e. The fraction of sp³-hybridized carbons (Fsp3) is 0. The Balaban J connectivity index is 2.55. The average Bonchev–Trinajstić information content (AvgIpc) is 2.29. The summed E-state index contributed by atoms with van der Waals surface area (Å²) >= 11 is 0. The first-order valence-corrected chi connectivity index (χ1v) is 5.42. The van der Waals surface area contributed by atoms with E-state index in [1.54, 1.807) is 0 Å². The highest BCUT2D eigenvalue weighted by Crippen LogP contribution is 2.32. The Morgan fingerprint density at radius 3 is 2.00 bits per heavy atom. The third kappa shape index (κ3) is 1.44. The minimum absolute atomic E-state index is 0.721. The third-order valence-corrected chi connectivity index (χ3v) is 3.03. The average molecular weight is 223 g/mol. The maximum absolute atomic E-state index is 6.04. The van der Waals surface area contributed by atoms with Gasteiger partial charge < -0.3 is 17.2 Å². The van der Waals surface area contributed by atoms with Gasteiger partial charge in [0, 0.05) is 22.4 Å². The monoisotopic (exact) mass is 223 g/mol. The summed E-state index contributed by atoms with van der Waals surface area (Å²) in [4.78, 5) is 0. The van der Waals surface area contributed by atoms with Crippen molar-refractivity contribution in [3.05, 3.63) is 42.5 Å². The van der Waals surface area contributed by atoms with Crippen LogP contribution in [-0.2, 0) is 0 Å². The van der Waals surface area contributed by atoms with Crippen LogP contribution in [0, 0.1) is 0 Å². The fourth-order valence-electron chi connectivity index (χ4n) is 2.23. The number of hydrogen-bond donors (Lipinski definition) is 3. The zero-order chi connectivity index (χ0) is 12.0. The molecule has 0 spiro atoms. The lowest BCUT2D eigenvalue weighted by Crippen LogP contribution is -1.92. The molecule has 0 saturated carbocycles. The van der Waals surface area contributed by atoms with Crippen LogP contribution in [0.5, 0.6) is 0 Å². The second-order valence-electron chi connectivity index (χ2n) is 4.25. The van der Waals surface area contributed by atoms with E-state index in [2.05, 4.69) is 0 Å². The van der Waals surface area contributed by atoms with Crippen LogP contribution in [0.4, 0.5) is 17.1 Å². The van der Waals surface area contributed by atoms with Gasteiger partial charge in [-0.3, -0.25) is 0 Å². The number of nitrogens with two attached hydrogens (primary N) is 3. The molecule has 0 aliphatic rings. The number of anilines is 3. The summed E-state index contributed by atoms with van der Waals surface area (Å²) in [6, 6.07) is 13.6. The minimum atomic E-state index is 0.721. The van der Waals surface area contributed by atoms with Crippen molar-refractivity contribution in [3.63, 3.8) is 0 Å². The molecule has 0 fully saturated rings. The summed E-state index contributed by atoms with van der Waals surface area (Å²) in [7, 11) is 0. The topological polar surface area (TPSA) is 78.1 Å². The summed E-state index contributed by atoms with van der Waals surface area (Å²) in [6.07, 6.45) is 0. The third-order valence-electron chi connectivity index (χ3n) is 3.03. The second-order valence-corrected chi connectivity index (χ2v) is 4.25. The van der Waals surface area contributed by atoms with Crippen molar-refractivity contribution in [2.24, 2.45) is 0 Å². The highest BCUT2D eigenvalue weighted by molar-refractivity contribution is 6.13. The van der Waals surface area contributed by atoms with Crippen LogP contribution in [0.15, 0.2) is 42.5 Å². The second kappa shape index (κ2) is 3.28. The van der Waals surface area contributed by atoms with Crippen molar-refractivity contribution in [2.45, 2.75) is 0 Å². The zero-order valence-electron chi connectivity index (χ0n) is 9.27. The first kappa shape index (κ1) is 9.78. The van der Waals surface area contributed by atoms with Gasteiger partial charge in [0.25, 0.3) is 0 Å². The molecule has 0 aliphatic carbocycles. The van der Waals surface area contributed by atoms with Gasteiger partial charge >= 0.3 is 0 Å². The van der Waals surface area contributed by atoms with Crippen molar-refractivity contribution in [1.29, 1.82) is 0 Å². The number of nitrogen functional groups attached to an aromatic ring is 3. The molecule has 0 aromatic heterocycles. The lowest BCUT2D eigenvalue weighted by atomic mass is 9.99. The largest absolute Gasteiger partial charge is 0.399 e. The van der Waals surface area contributed by atoms with Crippen molar-refractivity contribution in [2.75, 3.05) is 17.2 Å². The number of rotatable bonds is 0. The molecule has 0 unspecified atom stereocenters. The van der Waals surface area contributed by atoms with Crippen molar-refractivity contribution >= 4 is 38.6 Å². The first-order valence-electron chi connectivity index (χ1n) is 5.42. The fourth-order valence-corrected chi connectivity index (χ4v) is 2.23. The molecule has 3 aromatic rings. The molecule has 0 bridgehead atoms. The molecule has 3 rings (SSSR count). The highest BCUT2D eigenvalue weighted by atomic mass is 14.6. The molecule has 0 amide bonds. The quantitative estimate of drug-likeness (QED) is 0.405. The summed E-state index contributed by atoms with van der Waals surface area (Å²) in [5.74, 6) is 0. The first-order chi connectivity index (χ1) is 8.15. The smallest absolute Gasteiger partial charge is 0.0400 e. The van der Waals surface area contributed by atoms with Crippen molar-refractivity contribution in [3.8, 4) is 0 Å². The van der Waals surface area contributed by atoms with E-state index < -0.39 is 0 Å². The molecule has 84 valence electrons. The van der Waals surface area contributed by atoms with E-state index in [0.29, 0.717) is 0 Å². The van der Waals surface area contributed by atoms with Gasteiger partial charge in [-0.2, -0.15) is 0 Å². The number of benzene rings is 3. The van der Waals surface area contributed by atoms with Gasteiger partial charge in [0.1, 0.15) is 0 Å². The summed E-state index contributed by atoms with van der Waals surface area (Å²) in [5, 5.41) is 4.29. The van der Waals surface area contributed by atoms with E-state index >= 15 is 0 Å². The van der Waals surface area contributed by atoms with Gasteiger partial charge in [0.2, 0.25) is 0 Å². The Hall–Kier alpha value is -2.42. The SMILES string of the molecule is Nc1ccc2c(c1)cc(N)c1cc(N)ccc12. The van der Waals surface area contributed by atoms with E-state index in [9.17, 15) is 0 Å². The van der Waals surface area contributed by atoms with Crippen LogP contribution in [0.2, 0.25) is 0 Å². The van der Waals surface area contributed by atoms with Gasteiger partial charge in [-0.05, 0) is 46.5 Å². The Labute approximate surface area is 98.8 Å². The van der Waals surface area contributed by atoms with Crippen LogP contribution in [0.3, 0.4) is 0 Å². The van der Waals surface area contributed by atoms with Crippen molar-refractivity contribution in [1.82, 2.24) is 0 Å². The van der Waals surface area contributed by atoms with Crippen LogP contribution in [0.1, 0.15) is 0 Å². The molecule has 0 saturated heterocycles. The van der Waals surface area contributed by atoms with Crippen LogP contribution in [0.25, 0.3) is 21.5 Å². The predicted molar refractivity (Wildman–Crippen MR) is 74.7 cm³/mol. The normalized spacial score (nSPS) is 11.1. The van der Waals surface area contributed by atoms with Gasteiger partial charge in [-0.25, -0.2) is 0 Å². The van der Waals surface area contributed by atoms with Crippen molar-refractivity contribution < 1.29 is 0 Å². The Bertz CT molecular complexity index is 732. The highest BCUT2D eigenvalue weighted by Gasteiger charge is 2.05. The van der Waals surface area contributed by atoms with E-state index in [0.717, 1.165) is 38.6 Å². The molecule has 3 heteroatoms. The zero-order valence-corrected chi connectivity index (χ0v) is 9.27. The number of fused-ring (bicyclic) bond motifs is 3. The van der Waals surface area contributed by atoms with Gasteiger partial charge in [0.05, 0.1) is 0 Å². The van der Waals surface area contributed by atoms with Crippen LogP contribution in [-0.4, -0.2) is 0 Å². The minimum Gasteiger partial charge on any atom is -0.399 e. The standard InChI is InChI=1S/C14H13N3/c15-9-1-3-11-8(5-9)6-14(17)13-7-10(16)2-4-12(11)13/h1-7H,15-17H2. The summed E-state index contributed by atoms with van der Waals surface area (Å²) in [6.45, 7) is 0. The molecule has 0 atom stereocenters. The lowest BCUT2D eigenvalue weighted by Gasteiger charge is -2.08. The number of hydrogen-bond acceptors (Lipinski definition) is 3. The predicted octanol–water partition coefficient (Wildman–Crippen LogP) is 2.74. The molecule has 0 heterocycles. The molecule has 3 aromatic carbocycles.